The Bertz CT molecular complexity index is 1480. The topological polar surface area (TPSA) is 138 Å². The molecule has 196 valence electrons. The molecule has 0 aliphatic carbocycles. The third-order valence-corrected chi connectivity index (χ3v) is 6.12. The molecule has 2 atom stereocenters. The Balaban J connectivity index is 1.42. The van der Waals surface area contributed by atoms with Gasteiger partial charge in [-0.1, -0.05) is 18.2 Å². The molecule has 0 saturated heterocycles. The lowest BCUT2D eigenvalue weighted by atomic mass is 10.1. The van der Waals surface area contributed by atoms with Crippen LogP contribution < -0.4 is 20.8 Å². The van der Waals surface area contributed by atoms with Gasteiger partial charge in [0.15, 0.2) is 17.2 Å². The van der Waals surface area contributed by atoms with E-state index in [0.29, 0.717) is 41.0 Å². The first-order chi connectivity index (χ1) is 18.3. The van der Waals surface area contributed by atoms with Gasteiger partial charge in [-0.05, 0) is 51.1 Å². The van der Waals surface area contributed by atoms with Crippen molar-refractivity contribution < 1.29 is 19.1 Å². The second-order valence-electron chi connectivity index (χ2n) is 9.14. The highest BCUT2D eigenvalue weighted by molar-refractivity contribution is 5.94. The Morgan fingerprint density at radius 3 is 2.76 bits per heavy atom. The number of nitrogens with one attached hydrogen (secondary N) is 3. The van der Waals surface area contributed by atoms with Gasteiger partial charge in [0, 0.05) is 24.0 Å². The number of aromatic carboxylic acids is 1. The van der Waals surface area contributed by atoms with Crippen LogP contribution >= 0.6 is 0 Å². The van der Waals surface area contributed by atoms with Gasteiger partial charge in [-0.3, -0.25) is 0 Å². The number of hydrogen-bond donors (Lipinski definition) is 4. The maximum absolute atomic E-state index is 12.0. The number of hydrogen-bond acceptors (Lipinski definition) is 10. The normalized spacial score (nSPS) is 15.8. The summed E-state index contributed by atoms with van der Waals surface area (Å²) in [5, 5.41) is 18.2. The van der Waals surface area contributed by atoms with Crippen LogP contribution in [0.1, 0.15) is 31.1 Å². The number of fused-ring (bicyclic) bond motifs is 1. The van der Waals surface area contributed by atoms with Gasteiger partial charge in [0.05, 0.1) is 24.9 Å². The summed E-state index contributed by atoms with van der Waals surface area (Å²) in [6.45, 7) is 6.80. The molecule has 4 N–H and O–H groups in total. The SMILES string of the molecule is COc1c(Nc2nc(NC(C)CN3NC(C)C=C3C)ncc2C(=O)O)cccc1-c1nc2ccccc2o1. The van der Waals surface area contributed by atoms with Crippen LogP contribution in [-0.2, 0) is 0 Å². The van der Waals surface area contributed by atoms with E-state index in [1.807, 2.05) is 44.2 Å². The number of carboxylic acid groups (broad SMARTS) is 1. The second-order valence-corrected chi connectivity index (χ2v) is 9.14. The van der Waals surface area contributed by atoms with Crippen molar-refractivity contribution in [2.24, 2.45) is 0 Å². The van der Waals surface area contributed by atoms with Gasteiger partial charge in [0.2, 0.25) is 11.8 Å². The summed E-state index contributed by atoms with van der Waals surface area (Å²) in [6, 6.07) is 13.1. The number of hydrazine groups is 1. The first kappa shape index (κ1) is 25.0. The summed E-state index contributed by atoms with van der Waals surface area (Å²) in [4.78, 5) is 25.3. The molecule has 2 unspecified atom stereocenters. The van der Waals surface area contributed by atoms with Crippen molar-refractivity contribution in [1.29, 1.82) is 0 Å². The molecule has 0 spiro atoms. The van der Waals surface area contributed by atoms with E-state index in [-0.39, 0.29) is 23.5 Å². The average Bonchev–Trinajstić information content (AvgIpc) is 3.45. The summed E-state index contributed by atoms with van der Waals surface area (Å²) >= 11 is 0. The van der Waals surface area contributed by atoms with Crippen LogP contribution in [-0.4, -0.2) is 56.8 Å². The molecular formula is C27H29N7O4. The molecule has 0 radical (unpaired) electrons. The standard InChI is InChI=1S/C27H29N7O4/c1-15-12-17(3)34(33-15)14-16(2)29-27-28-13-19(26(35)36)24(32-27)30-21-10-7-8-18(23(21)37-4)25-31-20-9-5-6-11-22(20)38-25/h5-13,15-16,33H,14H2,1-4H3,(H,35,36)(H2,28,29,30,32). The number of nitrogens with zero attached hydrogens (tertiary/aromatic N) is 4. The lowest BCUT2D eigenvalue weighted by Crippen LogP contribution is -2.41. The van der Waals surface area contributed by atoms with Crippen LogP contribution in [0, 0.1) is 0 Å². The molecule has 3 heterocycles. The van der Waals surface area contributed by atoms with Crippen molar-refractivity contribution >= 4 is 34.5 Å². The summed E-state index contributed by atoms with van der Waals surface area (Å²) in [5.74, 6) is 0.0935. The highest BCUT2D eigenvalue weighted by Crippen LogP contribution is 2.38. The van der Waals surface area contributed by atoms with Crippen molar-refractivity contribution in [3.05, 3.63) is 66.0 Å². The van der Waals surface area contributed by atoms with Crippen molar-refractivity contribution in [1.82, 2.24) is 25.4 Å². The van der Waals surface area contributed by atoms with Gasteiger partial charge in [-0.2, -0.15) is 4.98 Å². The lowest BCUT2D eigenvalue weighted by Gasteiger charge is -2.26. The van der Waals surface area contributed by atoms with Crippen LogP contribution in [0.5, 0.6) is 5.75 Å². The van der Waals surface area contributed by atoms with Gasteiger partial charge in [0.1, 0.15) is 11.1 Å². The van der Waals surface area contributed by atoms with Crippen molar-refractivity contribution in [2.45, 2.75) is 32.9 Å². The quantitative estimate of drug-likeness (QED) is 0.248. The van der Waals surface area contributed by atoms with Crippen LogP contribution in [0.25, 0.3) is 22.6 Å². The Hall–Kier alpha value is -4.64. The van der Waals surface area contributed by atoms with Crippen molar-refractivity contribution in [2.75, 3.05) is 24.3 Å². The van der Waals surface area contributed by atoms with E-state index in [2.05, 4.69) is 49.0 Å². The van der Waals surface area contributed by atoms with Crippen molar-refractivity contribution in [3.8, 4) is 17.2 Å². The van der Waals surface area contributed by atoms with Crippen LogP contribution in [0.15, 0.2) is 64.9 Å². The number of carbonyl (C=O) groups is 1. The van der Waals surface area contributed by atoms with Gasteiger partial charge in [-0.25, -0.2) is 20.2 Å². The number of anilines is 3. The number of methoxy groups -OCH3 is 1. The first-order valence-corrected chi connectivity index (χ1v) is 12.2. The van der Waals surface area contributed by atoms with E-state index < -0.39 is 5.97 Å². The Morgan fingerprint density at radius 1 is 1.24 bits per heavy atom. The van der Waals surface area contributed by atoms with E-state index >= 15 is 0 Å². The number of para-hydroxylation sites is 3. The number of oxazole rings is 1. The maximum Gasteiger partial charge on any atom is 0.341 e. The van der Waals surface area contributed by atoms with Crippen molar-refractivity contribution in [3.63, 3.8) is 0 Å². The maximum atomic E-state index is 12.0. The molecule has 2 aromatic carbocycles. The second kappa shape index (κ2) is 10.4. The summed E-state index contributed by atoms with van der Waals surface area (Å²) in [5.41, 5.74) is 6.93. The summed E-state index contributed by atoms with van der Waals surface area (Å²) in [6.07, 6.45) is 3.43. The Morgan fingerprint density at radius 2 is 2.05 bits per heavy atom. The van der Waals surface area contributed by atoms with E-state index in [1.54, 1.807) is 12.1 Å². The third kappa shape index (κ3) is 5.09. The van der Waals surface area contributed by atoms with Crippen LogP contribution in [0.4, 0.5) is 17.5 Å². The largest absolute Gasteiger partial charge is 0.494 e. The lowest BCUT2D eigenvalue weighted by molar-refractivity contribution is 0.0697. The fourth-order valence-corrected chi connectivity index (χ4v) is 4.42. The highest BCUT2D eigenvalue weighted by Gasteiger charge is 2.22. The molecule has 1 aliphatic heterocycles. The fraction of sp³-hybridized carbons (Fsp3) is 0.259. The molecule has 11 heteroatoms. The zero-order valence-corrected chi connectivity index (χ0v) is 21.5. The van der Waals surface area contributed by atoms with E-state index in [0.717, 1.165) is 11.2 Å². The van der Waals surface area contributed by atoms with Gasteiger partial charge < -0.3 is 29.9 Å². The zero-order valence-electron chi connectivity index (χ0n) is 21.5. The molecule has 0 fully saturated rings. The average molecular weight is 516 g/mol. The number of rotatable bonds is 9. The Kier molecular flexibility index (Phi) is 6.84. The minimum atomic E-state index is -1.16. The number of carboxylic acids is 1. The van der Waals surface area contributed by atoms with Crippen LogP contribution in [0.3, 0.4) is 0 Å². The molecule has 0 saturated carbocycles. The van der Waals surface area contributed by atoms with Gasteiger partial charge in [0.25, 0.3) is 0 Å². The number of ether oxygens (including phenoxy) is 1. The summed E-state index contributed by atoms with van der Waals surface area (Å²) < 4.78 is 11.6. The minimum absolute atomic E-state index is 0.0308. The Labute approximate surface area is 219 Å². The summed E-state index contributed by atoms with van der Waals surface area (Å²) in [7, 11) is 1.53. The zero-order chi connectivity index (χ0) is 26.8. The number of allylic oxidation sites excluding steroid dienone is 1. The monoisotopic (exact) mass is 515 g/mol. The first-order valence-electron chi connectivity index (χ1n) is 12.2. The predicted octanol–water partition coefficient (Wildman–Crippen LogP) is 4.65. The van der Waals surface area contributed by atoms with Crippen LogP contribution in [0.2, 0.25) is 0 Å². The molecule has 5 rings (SSSR count). The van der Waals surface area contributed by atoms with E-state index in [1.165, 1.54) is 13.3 Å². The molecule has 0 bridgehead atoms. The predicted molar refractivity (Wildman–Crippen MR) is 144 cm³/mol. The molecule has 2 aromatic heterocycles. The molecule has 0 amide bonds. The third-order valence-electron chi connectivity index (χ3n) is 6.12. The number of benzene rings is 2. The smallest absolute Gasteiger partial charge is 0.341 e. The molecule has 11 nitrogen and oxygen atoms in total. The highest BCUT2D eigenvalue weighted by atomic mass is 16.5. The molecule has 4 aromatic rings. The molecule has 38 heavy (non-hydrogen) atoms. The minimum Gasteiger partial charge on any atom is -0.494 e. The number of aromatic nitrogens is 3. The van der Waals surface area contributed by atoms with E-state index in [4.69, 9.17) is 9.15 Å². The van der Waals surface area contributed by atoms with Gasteiger partial charge >= 0.3 is 5.97 Å². The molecule has 1 aliphatic rings. The van der Waals surface area contributed by atoms with E-state index in [9.17, 15) is 9.90 Å². The van der Waals surface area contributed by atoms with Gasteiger partial charge in [-0.15, -0.1) is 0 Å². The fourth-order valence-electron chi connectivity index (χ4n) is 4.42. The molecular weight excluding hydrogens is 486 g/mol.